The molecule has 1 unspecified atom stereocenters. The highest BCUT2D eigenvalue weighted by atomic mass is 32.2. The third kappa shape index (κ3) is 5.37. The highest BCUT2D eigenvalue weighted by molar-refractivity contribution is 7.99. The van der Waals surface area contributed by atoms with Crippen molar-refractivity contribution in [2.45, 2.75) is 30.0 Å². The van der Waals surface area contributed by atoms with Crippen LogP contribution >= 0.6 is 11.8 Å². The standard InChI is InChI=1S/C12H17F2NOS/c1-3-9(8-16-2)15-10-4-6-11(7-5-10)17-12(13)14/h4-7,9,12,15H,3,8H2,1-2H3. The lowest BCUT2D eigenvalue weighted by molar-refractivity contribution is 0.184. The summed E-state index contributed by atoms with van der Waals surface area (Å²) in [5.41, 5.74) is 0.924. The van der Waals surface area contributed by atoms with Crippen LogP contribution in [0.4, 0.5) is 14.5 Å². The predicted octanol–water partition coefficient (Wildman–Crippen LogP) is 3.84. The van der Waals surface area contributed by atoms with E-state index in [1.165, 1.54) is 0 Å². The van der Waals surface area contributed by atoms with E-state index in [1.807, 2.05) is 12.1 Å². The molecular formula is C12H17F2NOS. The number of benzene rings is 1. The zero-order valence-corrected chi connectivity index (χ0v) is 10.8. The van der Waals surface area contributed by atoms with E-state index in [4.69, 9.17) is 4.74 Å². The first-order chi connectivity index (χ1) is 8.15. The minimum atomic E-state index is -2.37. The number of halogens is 2. The number of rotatable bonds is 7. The number of thioether (sulfide) groups is 1. The van der Waals surface area contributed by atoms with E-state index in [2.05, 4.69) is 12.2 Å². The molecule has 96 valence electrons. The third-order valence-corrected chi connectivity index (χ3v) is 3.03. The van der Waals surface area contributed by atoms with Gasteiger partial charge >= 0.3 is 0 Å². The van der Waals surface area contributed by atoms with E-state index in [-0.39, 0.29) is 6.04 Å². The SMILES string of the molecule is CCC(COC)Nc1ccc(SC(F)F)cc1. The molecule has 1 aromatic rings. The molecule has 0 aromatic heterocycles. The first-order valence-corrected chi connectivity index (χ1v) is 6.34. The second-order valence-electron chi connectivity index (χ2n) is 3.61. The lowest BCUT2D eigenvalue weighted by Gasteiger charge is -2.17. The number of ether oxygens (including phenoxy) is 1. The third-order valence-electron chi connectivity index (χ3n) is 2.31. The van der Waals surface area contributed by atoms with E-state index in [1.54, 1.807) is 19.2 Å². The Kier molecular flexibility index (Phi) is 6.29. The molecule has 1 atom stereocenters. The Morgan fingerprint density at radius 3 is 2.41 bits per heavy atom. The second kappa shape index (κ2) is 7.50. The molecule has 0 bridgehead atoms. The lowest BCUT2D eigenvalue weighted by Crippen LogP contribution is -2.23. The molecule has 0 aliphatic carbocycles. The molecule has 1 aromatic carbocycles. The van der Waals surface area contributed by atoms with Gasteiger partial charge in [0.1, 0.15) is 0 Å². The molecule has 0 saturated heterocycles. The number of alkyl halides is 2. The quantitative estimate of drug-likeness (QED) is 0.753. The maximum atomic E-state index is 12.1. The molecule has 17 heavy (non-hydrogen) atoms. The maximum absolute atomic E-state index is 12.1. The Labute approximate surface area is 105 Å². The van der Waals surface area contributed by atoms with E-state index < -0.39 is 5.76 Å². The molecule has 0 heterocycles. The number of methoxy groups -OCH3 is 1. The van der Waals surface area contributed by atoms with Crippen LogP contribution in [0.15, 0.2) is 29.2 Å². The molecular weight excluding hydrogens is 244 g/mol. The smallest absolute Gasteiger partial charge is 0.288 e. The molecule has 0 aliphatic rings. The molecule has 1 N–H and O–H groups in total. The van der Waals surface area contributed by atoms with E-state index >= 15 is 0 Å². The minimum Gasteiger partial charge on any atom is -0.383 e. The summed E-state index contributed by atoms with van der Waals surface area (Å²) in [6.07, 6.45) is 0.946. The van der Waals surface area contributed by atoms with Crippen molar-refractivity contribution in [2.75, 3.05) is 19.0 Å². The van der Waals surface area contributed by atoms with Gasteiger partial charge < -0.3 is 10.1 Å². The summed E-state index contributed by atoms with van der Waals surface area (Å²) in [7, 11) is 1.66. The Balaban J connectivity index is 2.54. The van der Waals surface area contributed by atoms with Gasteiger partial charge in [-0.2, -0.15) is 8.78 Å². The number of hydrogen-bond donors (Lipinski definition) is 1. The summed E-state index contributed by atoms with van der Waals surface area (Å²) in [4.78, 5) is 0.574. The molecule has 0 radical (unpaired) electrons. The molecule has 0 spiro atoms. The zero-order valence-electron chi connectivity index (χ0n) is 9.95. The fraction of sp³-hybridized carbons (Fsp3) is 0.500. The largest absolute Gasteiger partial charge is 0.383 e. The van der Waals surface area contributed by atoms with Gasteiger partial charge in [0.2, 0.25) is 0 Å². The first-order valence-electron chi connectivity index (χ1n) is 5.46. The van der Waals surface area contributed by atoms with Crippen molar-refractivity contribution in [1.82, 2.24) is 0 Å². The summed E-state index contributed by atoms with van der Waals surface area (Å²) < 4.78 is 29.3. The number of anilines is 1. The van der Waals surface area contributed by atoms with Crippen molar-refractivity contribution in [3.8, 4) is 0 Å². The van der Waals surface area contributed by atoms with E-state index in [0.29, 0.717) is 23.3 Å². The Hall–Kier alpha value is -0.810. The average molecular weight is 261 g/mol. The van der Waals surface area contributed by atoms with Crippen molar-refractivity contribution in [2.24, 2.45) is 0 Å². The summed E-state index contributed by atoms with van der Waals surface area (Å²) in [6.45, 7) is 2.70. The van der Waals surface area contributed by atoms with Crippen molar-refractivity contribution in [3.05, 3.63) is 24.3 Å². The molecule has 5 heteroatoms. The molecule has 0 aliphatic heterocycles. The fourth-order valence-corrected chi connectivity index (χ4v) is 1.93. The van der Waals surface area contributed by atoms with Gasteiger partial charge in [-0.05, 0) is 30.7 Å². The average Bonchev–Trinajstić information content (AvgIpc) is 2.30. The van der Waals surface area contributed by atoms with Gasteiger partial charge in [0, 0.05) is 23.7 Å². The lowest BCUT2D eigenvalue weighted by atomic mass is 10.2. The van der Waals surface area contributed by atoms with Crippen LogP contribution in [0.3, 0.4) is 0 Å². The molecule has 2 nitrogen and oxygen atoms in total. The van der Waals surface area contributed by atoms with Gasteiger partial charge in [-0.25, -0.2) is 0 Å². The Bertz CT molecular complexity index is 319. The van der Waals surface area contributed by atoms with Gasteiger partial charge in [0.15, 0.2) is 0 Å². The van der Waals surface area contributed by atoms with Gasteiger partial charge in [0.25, 0.3) is 5.76 Å². The van der Waals surface area contributed by atoms with E-state index in [9.17, 15) is 8.78 Å². The van der Waals surface area contributed by atoms with Crippen LogP contribution in [0, 0.1) is 0 Å². The van der Waals surface area contributed by atoms with Gasteiger partial charge in [-0.1, -0.05) is 18.7 Å². The van der Waals surface area contributed by atoms with Crippen molar-refractivity contribution in [1.29, 1.82) is 0 Å². The topological polar surface area (TPSA) is 21.3 Å². The normalized spacial score (nSPS) is 12.8. The Morgan fingerprint density at radius 1 is 1.29 bits per heavy atom. The predicted molar refractivity (Wildman–Crippen MR) is 67.9 cm³/mol. The van der Waals surface area contributed by atoms with Crippen LogP contribution in [0.25, 0.3) is 0 Å². The van der Waals surface area contributed by atoms with Gasteiger partial charge in [-0.3, -0.25) is 0 Å². The maximum Gasteiger partial charge on any atom is 0.288 e. The molecule has 0 saturated carbocycles. The summed E-state index contributed by atoms with van der Waals surface area (Å²) >= 11 is 0.556. The van der Waals surface area contributed by atoms with Crippen LogP contribution in [0.5, 0.6) is 0 Å². The monoisotopic (exact) mass is 261 g/mol. The zero-order chi connectivity index (χ0) is 12.7. The number of nitrogens with one attached hydrogen (secondary N) is 1. The molecule has 0 fully saturated rings. The van der Waals surface area contributed by atoms with Gasteiger partial charge in [-0.15, -0.1) is 0 Å². The highest BCUT2D eigenvalue weighted by Crippen LogP contribution is 2.26. The Morgan fingerprint density at radius 2 is 1.94 bits per heavy atom. The van der Waals surface area contributed by atoms with E-state index in [0.717, 1.165) is 12.1 Å². The van der Waals surface area contributed by atoms with Gasteiger partial charge in [0.05, 0.1) is 6.61 Å². The molecule has 1 rings (SSSR count). The first kappa shape index (κ1) is 14.3. The molecule has 0 amide bonds. The minimum absolute atomic E-state index is 0.244. The van der Waals surface area contributed by atoms with Crippen molar-refractivity contribution < 1.29 is 13.5 Å². The summed E-state index contributed by atoms with van der Waals surface area (Å²) in [5, 5.41) is 3.29. The van der Waals surface area contributed by atoms with Crippen molar-refractivity contribution in [3.63, 3.8) is 0 Å². The second-order valence-corrected chi connectivity index (χ2v) is 4.67. The number of hydrogen-bond acceptors (Lipinski definition) is 3. The fourth-order valence-electron chi connectivity index (χ4n) is 1.43. The van der Waals surface area contributed by atoms with Crippen LogP contribution in [0.1, 0.15) is 13.3 Å². The highest BCUT2D eigenvalue weighted by Gasteiger charge is 2.07. The van der Waals surface area contributed by atoms with Crippen LogP contribution < -0.4 is 5.32 Å². The van der Waals surface area contributed by atoms with Crippen molar-refractivity contribution >= 4 is 17.4 Å². The van der Waals surface area contributed by atoms with Crippen LogP contribution in [-0.4, -0.2) is 25.5 Å². The summed E-state index contributed by atoms with van der Waals surface area (Å²) in [5.74, 6) is -2.37. The van der Waals surface area contributed by atoms with Crippen LogP contribution in [0.2, 0.25) is 0 Å². The summed E-state index contributed by atoms with van der Waals surface area (Å²) in [6, 6.07) is 7.25. The van der Waals surface area contributed by atoms with Crippen LogP contribution in [-0.2, 0) is 4.74 Å².